The predicted molar refractivity (Wildman–Crippen MR) is 106 cm³/mol. The molecule has 0 amide bonds. The number of benzene rings is 1. The summed E-state index contributed by atoms with van der Waals surface area (Å²) < 4.78 is 0. The van der Waals surface area contributed by atoms with Gasteiger partial charge in [0.1, 0.15) is 0 Å². The van der Waals surface area contributed by atoms with Gasteiger partial charge in [-0.25, -0.2) is 9.97 Å². The molecular formula is C19H18Cl2N4O2. The first-order chi connectivity index (χ1) is 12.9. The molecule has 3 rings (SSSR count). The van der Waals surface area contributed by atoms with Gasteiger partial charge in [-0.15, -0.1) is 0 Å². The van der Waals surface area contributed by atoms with Crippen molar-refractivity contribution in [2.24, 2.45) is 0 Å². The van der Waals surface area contributed by atoms with E-state index in [4.69, 9.17) is 23.2 Å². The largest absolute Gasteiger partial charge is 0.390 e. The Labute approximate surface area is 166 Å². The predicted octanol–water partition coefficient (Wildman–Crippen LogP) is 4.06. The monoisotopic (exact) mass is 404 g/mol. The summed E-state index contributed by atoms with van der Waals surface area (Å²) in [5.74, 6) is 0.188. The van der Waals surface area contributed by atoms with Gasteiger partial charge in [-0.2, -0.15) is 0 Å². The van der Waals surface area contributed by atoms with Crippen LogP contribution in [-0.2, 0) is 6.61 Å². The SMILES string of the molecule is Cc1cc(CO)nc(C)c1NC(O)c1nccc(-c2cc(Cl)ccc2Cl)n1. The molecule has 0 spiro atoms. The number of aromatic nitrogens is 3. The third-order valence-corrected chi connectivity index (χ3v) is 4.58. The van der Waals surface area contributed by atoms with Crippen molar-refractivity contribution >= 4 is 28.9 Å². The lowest BCUT2D eigenvalue weighted by molar-refractivity contribution is 0.197. The number of hydrogen-bond acceptors (Lipinski definition) is 6. The third kappa shape index (κ3) is 4.36. The van der Waals surface area contributed by atoms with Crippen LogP contribution < -0.4 is 5.32 Å². The van der Waals surface area contributed by atoms with Crippen LogP contribution >= 0.6 is 23.2 Å². The van der Waals surface area contributed by atoms with E-state index < -0.39 is 6.23 Å². The van der Waals surface area contributed by atoms with Gasteiger partial charge in [0.05, 0.1) is 34.4 Å². The maximum atomic E-state index is 10.6. The summed E-state index contributed by atoms with van der Waals surface area (Å²) in [6, 6.07) is 8.55. The van der Waals surface area contributed by atoms with Crippen molar-refractivity contribution in [2.75, 3.05) is 5.32 Å². The second-order valence-corrected chi connectivity index (χ2v) is 6.86. The highest BCUT2D eigenvalue weighted by Crippen LogP contribution is 2.30. The van der Waals surface area contributed by atoms with E-state index in [1.165, 1.54) is 0 Å². The van der Waals surface area contributed by atoms with Gasteiger partial charge in [0, 0.05) is 16.8 Å². The first-order valence-corrected chi connectivity index (χ1v) is 8.95. The van der Waals surface area contributed by atoms with Crippen LogP contribution in [0.3, 0.4) is 0 Å². The molecule has 6 nitrogen and oxygen atoms in total. The quantitative estimate of drug-likeness (QED) is 0.555. The van der Waals surface area contributed by atoms with Crippen LogP contribution in [0.5, 0.6) is 0 Å². The molecule has 0 fully saturated rings. The number of anilines is 1. The highest BCUT2D eigenvalue weighted by Gasteiger charge is 2.16. The fourth-order valence-corrected chi connectivity index (χ4v) is 3.15. The first-order valence-electron chi connectivity index (χ1n) is 8.20. The minimum Gasteiger partial charge on any atom is -0.390 e. The summed E-state index contributed by atoms with van der Waals surface area (Å²) >= 11 is 12.3. The molecule has 27 heavy (non-hydrogen) atoms. The molecule has 1 unspecified atom stereocenters. The smallest absolute Gasteiger partial charge is 0.186 e. The maximum Gasteiger partial charge on any atom is 0.186 e. The van der Waals surface area contributed by atoms with E-state index >= 15 is 0 Å². The van der Waals surface area contributed by atoms with Gasteiger partial charge in [0.15, 0.2) is 12.1 Å². The number of nitrogens with zero attached hydrogens (tertiary/aromatic N) is 3. The lowest BCUT2D eigenvalue weighted by atomic mass is 10.1. The molecule has 0 aliphatic carbocycles. The summed E-state index contributed by atoms with van der Waals surface area (Å²) in [5, 5.41) is 23.8. The molecule has 0 aliphatic rings. The number of hydrogen-bond donors (Lipinski definition) is 3. The van der Waals surface area contributed by atoms with Gasteiger partial charge < -0.3 is 15.5 Å². The normalized spacial score (nSPS) is 12.1. The van der Waals surface area contributed by atoms with Gasteiger partial charge in [-0.3, -0.25) is 4.98 Å². The van der Waals surface area contributed by atoms with Crippen molar-refractivity contribution < 1.29 is 10.2 Å². The number of rotatable bonds is 5. The topological polar surface area (TPSA) is 91.2 Å². The summed E-state index contributed by atoms with van der Waals surface area (Å²) in [5.41, 5.74) is 3.94. The lowest BCUT2D eigenvalue weighted by Crippen LogP contribution is -2.16. The molecule has 2 heterocycles. The van der Waals surface area contributed by atoms with E-state index in [0.717, 1.165) is 5.56 Å². The second kappa shape index (κ2) is 8.19. The van der Waals surface area contributed by atoms with Crippen molar-refractivity contribution in [3.63, 3.8) is 0 Å². The highest BCUT2D eigenvalue weighted by atomic mass is 35.5. The number of nitrogens with one attached hydrogen (secondary N) is 1. The Balaban J connectivity index is 1.90. The molecule has 0 radical (unpaired) electrons. The van der Waals surface area contributed by atoms with Gasteiger partial charge in [-0.05, 0) is 49.7 Å². The summed E-state index contributed by atoms with van der Waals surface area (Å²) in [6.45, 7) is 3.52. The minimum atomic E-state index is -1.15. The van der Waals surface area contributed by atoms with Crippen LogP contribution in [-0.4, -0.2) is 25.2 Å². The first kappa shape index (κ1) is 19.5. The molecule has 1 aromatic carbocycles. The number of pyridine rings is 1. The highest BCUT2D eigenvalue weighted by molar-refractivity contribution is 6.35. The molecule has 0 bridgehead atoms. The molecule has 8 heteroatoms. The van der Waals surface area contributed by atoms with Gasteiger partial charge in [-0.1, -0.05) is 23.2 Å². The Kier molecular flexibility index (Phi) is 5.92. The van der Waals surface area contributed by atoms with E-state index in [0.29, 0.717) is 38.4 Å². The average Bonchev–Trinajstić information content (AvgIpc) is 2.66. The molecule has 140 valence electrons. The van der Waals surface area contributed by atoms with Gasteiger partial charge in [0.2, 0.25) is 0 Å². The molecule has 2 aromatic heterocycles. The summed E-state index contributed by atoms with van der Waals surface area (Å²) in [4.78, 5) is 12.8. The Morgan fingerprint density at radius 3 is 2.59 bits per heavy atom. The molecule has 0 saturated carbocycles. The fourth-order valence-electron chi connectivity index (χ4n) is 2.76. The van der Waals surface area contributed by atoms with Gasteiger partial charge >= 0.3 is 0 Å². The van der Waals surface area contributed by atoms with E-state index in [-0.39, 0.29) is 12.4 Å². The van der Waals surface area contributed by atoms with Crippen molar-refractivity contribution in [1.29, 1.82) is 0 Å². The number of aryl methyl sites for hydroxylation is 2. The average molecular weight is 405 g/mol. The van der Waals surface area contributed by atoms with Crippen molar-refractivity contribution in [2.45, 2.75) is 26.7 Å². The lowest BCUT2D eigenvalue weighted by Gasteiger charge is -2.18. The van der Waals surface area contributed by atoms with Crippen LogP contribution in [0.15, 0.2) is 36.5 Å². The van der Waals surface area contributed by atoms with Crippen LogP contribution in [0.25, 0.3) is 11.3 Å². The molecule has 0 saturated heterocycles. The number of halogens is 2. The van der Waals surface area contributed by atoms with E-state index in [2.05, 4.69) is 20.3 Å². The molecule has 0 aliphatic heterocycles. The third-order valence-electron chi connectivity index (χ3n) is 4.02. The zero-order valence-corrected chi connectivity index (χ0v) is 16.3. The van der Waals surface area contributed by atoms with Crippen LogP contribution in [0.2, 0.25) is 10.0 Å². The standard InChI is InChI=1S/C19H18Cl2N4O2/c1-10-7-13(9-26)23-11(2)17(10)25-19(27)18-22-6-5-16(24-18)14-8-12(20)3-4-15(14)21/h3-8,19,25-27H,9H2,1-2H3. The summed E-state index contributed by atoms with van der Waals surface area (Å²) in [7, 11) is 0. The van der Waals surface area contributed by atoms with E-state index in [1.807, 2.05) is 6.92 Å². The molecular weight excluding hydrogens is 387 g/mol. The van der Waals surface area contributed by atoms with Gasteiger partial charge in [0.25, 0.3) is 0 Å². The second-order valence-electron chi connectivity index (χ2n) is 6.02. The fraction of sp³-hybridized carbons (Fsp3) is 0.211. The Morgan fingerprint density at radius 1 is 1.11 bits per heavy atom. The number of aliphatic hydroxyl groups is 2. The minimum absolute atomic E-state index is 0.143. The van der Waals surface area contributed by atoms with E-state index in [9.17, 15) is 10.2 Å². The van der Waals surface area contributed by atoms with Crippen LogP contribution in [0.1, 0.15) is 29.0 Å². The van der Waals surface area contributed by atoms with E-state index in [1.54, 1.807) is 43.5 Å². The van der Waals surface area contributed by atoms with Crippen molar-refractivity contribution in [3.8, 4) is 11.3 Å². The zero-order valence-electron chi connectivity index (χ0n) is 14.7. The van der Waals surface area contributed by atoms with Crippen LogP contribution in [0, 0.1) is 13.8 Å². The zero-order chi connectivity index (χ0) is 19.6. The maximum absolute atomic E-state index is 10.6. The van der Waals surface area contributed by atoms with Crippen LogP contribution in [0.4, 0.5) is 5.69 Å². The Hall–Kier alpha value is -2.25. The number of aliphatic hydroxyl groups excluding tert-OH is 2. The van der Waals surface area contributed by atoms with Crippen molar-refractivity contribution in [1.82, 2.24) is 15.0 Å². The molecule has 1 atom stereocenters. The molecule has 3 aromatic rings. The Morgan fingerprint density at radius 2 is 1.89 bits per heavy atom. The molecule has 3 N–H and O–H groups in total. The Bertz CT molecular complexity index is 959. The summed E-state index contributed by atoms with van der Waals surface area (Å²) in [6.07, 6.45) is 0.397. The van der Waals surface area contributed by atoms with Crippen molar-refractivity contribution in [3.05, 3.63) is 69.3 Å².